The first-order valence-electron chi connectivity index (χ1n) is 9.72. The van der Waals surface area contributed by atoms with Crippen LogP contribution in [0.15, 0.2) is 83.3 Å². The van der Waals surface area contributed by atoms with E-state index in [0.29, 0.717) is 17.9 Å². The van der Waals surface area contributed by atoms with Gasteiger partial charge in [0.1, 0.15) is 5.37 Å². The molecule has 1 heterocycles. The van der Waals surface area contributed by atoms with Gasteiger partial charge in [0.2, 0.25) is 5.91 Å². The van der Waals surface area contributed by atoms with E-state index in [0.717, 1.165) is 22.1 Å². The van der Waals surface area contributed by atoms with E-state index in [4.69, 9.17) is 0 Å². The van der Waals surface area contributed by atoms with Crippen molar-refractivity contribution in [3.63, 3.8) is 0 Å². The third-order valence-corrected chi connectivity index (χ3v) is 6.98. The molecule has 1 N–H and O–H groups in total. The Balaban J connectivity index is 1.44. The second-order valence-electron chi connectivity index (χ2n) is 7.04. The second-order valence-corrected chi connectivity index (χ2v) is 8.96. The molecule has 1 aliphatic rings. The van der Waals surface area contributed by atoms with Gasteiger partial charge in [-0.05, 0) is 57.7 Å². The normalized spacial score (nSPS) is 16.0. The van der Waals surface area contributed by atoms with Crippen molar-refractivity contribution in [3.8, 4) is 0 Å². The molecule has 1 saturated heterocycles. The van der Waals surface area contributed by atoms with Crippen LogP contribution in [-0.2, 0) is 11.2 Å². The van der Waals surface area contributed by atoms with Crippen molar-refractivity contribution in [1.82, 2.24) is 4.90 Å². The van der Waals surface area contributed by atoms with E-state index in [1.54, 1.807) is 11.8 Å². The molecule has 4 rings (SSSR count). The number of amides is 2. The highest BCUT2D eigenvalue weighted by Gasteiger charge is 2.32. The summed E-state index contributed by atoms with van der Waals surface area (Å²) in [6.45, 7) is 0.685. The molecular weight excluding hydrogens is 460 g/mol. The lowest BCUT2D eigenvalue weighted by atomic mass is 10.1. The van der Waals surface area contributed by atoms with E-state index in [-0.39, 0.29) is 17.2 Å². The number of thioether (sulfide) groups is 1. The van der Waals surface area contributed by atoms with Crippen molar-refractivity contribution >= 4 is 45.2 Å². The Bertz CT molecular complexity index is 1040. The first kappa shape index (κ1) is 20.7. The van der Waals surface area contributed by atoms with Crippen LogP contribution >= 0.6 is 27.7 Å². The molecule has 0 aromatic heterocycles. The zero-order valence-corrected chi connectivity index (χ0v) is 18.7. The molecule has 0 spiro atoms. The number of carbonyl (C=O) groups excluding carboxylic acids is 2. The minimum absolute atomic E-state index is 0.0124. The molecule has 2 amide bonds. The summed E-state index contributed by atoms with van der Waals surface area (Å²) in [6, 6.07) is 25.2. The molecule has 0 radical (unpaired) electrons. The van der Waals surface area contributed by atoms with E-state index in [9.17, 15) is 9.59 Å². The number of benzene rings is 3. The Morgan fingerprint density at radius 2 is 1.70 bits per heavy atom. The summed E-state index contributed by atoms with van der Waals surface area (Å²) in [5.41, 5.74) is 3.58. The predicted octanol–water partition coefficient (Wildman–Crippen LogP) is 5.52. The number of nitrogens with zero attached hydrogens (tertiary/aromatic N) is 1. The molecule has 152 valence electrons. The maximum Gasteiger partial charge on any atom is 0.255 e. The van der Waals surface area contributed by atoms with E-state index >= 15 is 0 Å². The zero-order valence-electron chi connectivity index (χ0n) is 16.3. The van der Waals surface area contributed by atoms with Gasteiger partial charge in [-0.15, -0.1) is 11.8 Å². The summed E-state index contributed by atoms with van der Waals surface area (Å²) in [7, 11) is 0. The third-order valence-electron chi connectivity index (χ3n) is 5.03. The summed E-state index contributed by atoms with van der Waals surface area (Å²) < 4.78 is 0.838. The van der Waals surface area contributed by atoms with Crippen molar-refractivity contribution in [2.75, 3.05) is 17.6 Å². The fourth-order valence-electron chi connectivity index (χ4n) is 3.42. The highest BCUT2D eigenvalue weighted by atomic mass is 79.9. The van der Waals surface area contributed by atoms with Gasteiger partial charge in [-0.3, -0.25) is 9.59 Å². The molecule has 1 aliphatic heterocycles. The van der Waals surface area contributed by atoms with Gasteiger partial charge in [-0.2, -0.15) is 0 Å². The van der Waals surface area contributed by atoms with Gasteiger partial charge in [0, 0.05) is 16.6 Å². The van der Waals surface area contributed by atoms with Gasteiger partial charge >= 0.3 is 0 Å². The first-order chi connectivity index (χ1) is 14.6. The van der Waals surface area contributed by atoms with E-state index < -0.39 is 0 Å². The van der Waals surface area contributed by atoms with Crippen LogP contribution in [-0.4, -0.2) is 29.0 Å². The van der Waals surface area contributed by atoms with Crippen molar-refractivity contribution in [1.29, 1.82) is 0 Å². The maximum atomic E-state index is 12.6. The van der Waals surface area contributed by atoms with Crippen LogP contribution in [0, 0.1) is 0 Å². The number of nitrogens with one attached hydrogen (secondary N) is 1. The first-order valence-corrected chi connectivity index (χ1v) is 11.6. The summed E-state index contributed by atoms with van der Waals surface area (Å²) >= 11 is 5.08. The fraction of sp³-hybridized carbons (Fsp3) is 0.167. The molecule has 6 heteroatoms. The minimum atomic E-state index is -0.162. The van der Waals surface area contributed by atoms with E-state index in [1.807, 2.05) is 71.6 Å². The number of rotatable bonds is 6. The Kier molecular flexibility index (Phi) is 6.55. The topological polar surface area (TPSA) is 49.4 Å². The van der Waals surface area contributed by atoms with Crippen LogP contribution < -0.4 is 5.32 Å². The van der Waals surface area contributed by atoms with Gasteiger partial charge in [0.15, 0.2) is 0 Å². The van der Waals surface area contributed by atoms with Gasteiger partial charge in [-0.25, -0.2) is 0 Å². The van der Waals surface area contributed by atoms with Crippen molar-refractivity contribution < 1.29 is 9.59 Å². The molecular formula is C24H21BrN2O2S. The van der Waals surface area contributed by atoms with Gasteiger partial charge < -0.3 is 10.2 Å². The Labute approximate surface area is 188 Å². The maximum absolute atomic E-state index is 12.6. The number of para-hydroxylation sites is 1. The van der Waals surface area contributed by atoms with Crippen LogP contribution in [0.2, 0.25) is 0 Å². The monoisotopic (exact) mass is 480 g/mol. The van der Waals surface area contributed by atoms with Crippen LogP contribution in [0.1, 0.15) is 26.9 Å². The SMILES string of the molecule is O=C(Nc1ccccc1Br)c1ccc([C@H]2SCC(=O)N2CCc2ccccc2)cc1. The Hall–Kier alpha value is -2.57. The Morgan fingerprint density at radius 1 is 1.00 bits per heavy atom. The number of hydrogen-bond acceptors (Lipinski definition) is 3. The molecule has 0 aliphatic carbocycles. The quantitative estimate of drug-likeness (QED) is 0.505. The highest BCUT2D eigenvalue weighted by molar-refractivity contribution is 9.10. The average molecular weight is 481 g/mol. The largest absolute Gasteiger partial charge is 0.326 e. The van der Waals surface area contributed by atoms with Crippen LogP contribution in [0.3, 0.4) is 0 Å². The van der Waals surface area contributed by atoms with Crippen molar-refractivity contribution in [2.45, 2.75) is 11.8 Å². The lowest BCUT2D eigenvalue weighted by Crippen LogP contribution is -2.30. The summed E-state index contributed by atoms with van der Waals surface area (Å²) in [5.74, 6) is 0.491. The lowest BCUT2D eigenvalue weighted by molar-refractivity contribution is -0.128. The molecule has 1 atom stereocenters. The summed E-state index contributed by atoms with van der Waals surface area (Å²) in [4.78, 5) is 26.9. The zero-order chi connectivity index (χ0) is 20.9. The molecule has 4 nitrogen and oxygen atoms in total. The van der Waals surface area contributed by atoms with Gasteiger partial charge in [0.05, 0.1) is 11.4 Å². The predicted molar refractivity (Wildman–Crippen MR) is 126 cm³/mol. The fourth-order valence-corrected chi connectivity index (χ4v) is 5.03. The second kappa shape index (κ2) is 9.49. The average Bonchev–Trinajstić information content (AvgIpc) is 3.15. The molecule has 3 aromatic rings. The van der Waals surface area contributed by atoms with Gasteiger partial charge in [-0.1, -0.05) is 54.6 Å². The molecule has 0 unspecified atom stereocenters. The number of anilines is 1. The minimum Gasteiger partial charge on any atom is -0.326 e. The van der Waals surface area contributed by atoms with Crippen molar-refractivity contribution in [3.05, 3.63) is 100 Å². The molecule has 1 fully saturated rings. The molecule has 0 bridgehead atoms. The van der Waals surface area contributed by atoms with E-state index in [1.165, 1.54) is 5.56 Å². The molecule has 30 heavy (non-hydrogen) atoms. The van der Waals surface area contributed by atoms with Crippen LogP contribution in [0.5, 0.6) is 0 Å². The third kappa shape index (κ3) is 4.77. The van der Waals surface area contributed by atoms with Gasteiger partial charge in [0.25, 0.3) is 5.91 Å². The smallest absolute Gasteiger partial charge is 0.255 e. The molecule has 3 aromatic carbocycles. The summed E-state index contributed by atoms with van der Waals surface area (Å²) in [5, 5.41) is 2.90. The van der Waals surface area contributed by atoms with Crippen LogP contribution in [0.4, 0.5) is 5.69 Å². The van der Waals surface area contributed by atoms with E-state index in [2.05, 4.69) is 33.4 Å². The summed E-state index contributed by atoms with van der Waals surface area (Å²) in [6.07, 6.45) is 0.829. The van der Waals surface area contributed by atoms with Crippen LogP contribution in [0.25, 0.3) is 0 Å². The standard InChI is InChI=1S/C24H21BrN2O2S/c25-20-8-4-5-9-21(20)26-23(29)18-10-12-19(13-11-18)24-27(22(28)16-30-24)15-14-17-6-2-1-3-7-17/h1-13,24H,14-16H2,(H,26,29)/t24-/m1/s1. The highest BCUT2D eigenvalue weighted by Crippen LogP contribution is 2.38. The number of carbonyl (C=O) groups is 2. The van der Waals surface area contributed by atoms with Crippen molar-refractivity contribution in [2.24, 2.45) is 0 Å². The lowest BCUT2D eigenvalue weighted by Gasteiger charge is -2.24. The molecule has 0 saturated carbocycles. The number of hydrogen-bond donors (Lipinski definition) is 1. The Morgan fingerprint density at radius 3 is 2.43 bits per heavy atom. The number of halogens is 1.